The van der Waals surface area contributed by atoms with Crippen molar-refractivity contribution in [2.75, 3.05) is 6.54 Å². The van der Waals surface area contributed by atoms with Crippen LogP contribution in [0.15, 0.2) is 26.1 Å². The summed E-state index contributed by atoms with van der Waals surface area (Å²) in [5, 5.41) is 8.60. The first-order valence-electron chi connectivity index (χ1n) is 5.70. The number of amides is 1. The highest BCUT2D eigenvalue weighted by Crippen LogP contribution is 2.33. The first-order chi connectivity index (χ1) is 9.47. The zero-order chi connectivity index (χ0) is 14.7. The molecule has 2 rings (SSSR count). The van der Waals surface area contributed by atoms with Gasteiger partial charge in [-0.1, -0.05) is 24.0 Å². The summed E-state index contributed by atoms with van der Waals surface area (Å²) in [7, 11) is 0. The van der Waals surface area contributed by atoms with Crippen LogP contribution in [0.4, 0.5) is 0 Å². The van der Waals surface area contributed by atoms with Crippen molar-refractivity contribution in [3.8, 4) is 0 Å². The van der Waals surface area contributed by atoms with E-state index in [0.717, 1.165) is 0 Å². The molecule has 2 heterocycles. The van der Waals surface area contributed by atoms with Gasteiger partial charge in [0.25, 0.3) is 5.91 Å². The first kappa shape index (κ1) is 15.3. The Labute approximate surface area is 133 Å². The third-order valence-electron chi connectivity index (χ3n) is 2.51. The van der Waals surface area contributed by atoms with Crippen molar-refractivity contribution >= 4 is 62.2 Å². The monoisotopic (exact) mass is 375 g/mol. The zero-order valence-electron chi connectivity index (χ0n) is 10.2. The number of carbonyl (C=O) groups is 2. The summed E-state index contributed by atoms with van der Waals surface area (Å²) in [4.78, 5) is 24.5. The average molecular weight is 376 g/mol. The van der Waals surface area contributed by atoms with E-state index < -0.39 is 5.97 Å². The van der Waals surface area contributed by atoms with Gasteiger partial charge in [-0.3, -0.25) is 14.5 Å². The molecule has 0 aromatic carbocycles. The quantitative estimate of drug-likeness (QED) is 0.629. The Balaban J connectivity index is 2.04. The molecule has 1 amide bonds. The third kappa shape index (κ3) is 3.71. The van der Waals surface area contributed by atoms with Gasteiger partial charge in [0, 0.05) is 19.0 Å². The molecule has 0 saturated carbocycles. The number of thioether (sulfide) groups is 1. The van der Waals surface area contributed by atoms with E-state index in [9.17, 15) is 9.59 Å². The van der Waals surface area contributed by atoms with E-state index in [1.807, 2.05) is 0 Å². The fourth-order valence-electron chi connectivity index (χ4n) is 1.62. The number of hydrogen-bond acceptors (Lipinski definition) is 5. The Kier molecular flexibility index (Phi) is 5.00. The van der Waals surface area contributed by atoms with Crippen LogP contribution in [0.5, 0.6) is 0 Å². The van der Waals surface area contributed by atoms with Crippen molar-refractivity contribution in [1.82, 2.24) is 4.90 Å². The lowest BCUT2D eigenvalue weighted by Crippen LogP contribution is -2.29. The molecule has 5 nitrogen and oxygen atoms in total. The summed E-state index contributed by atoms with van der Waals surface area (Å²) in [6.45, 7) is 0.316. The minimum absolute atomic E-state index is 0.0151. The van der Waals surface area contributed by atoms with Crippen LogP contribution in [0.1, 0.15) is 18.6 Å². The number of carboxylic acid groups (broad SMARTS) is 1. The molecule has 1 aliphatic heterocycles. The van der Waals surface area contributed by atoms with Gasteiger partial charge < -0.3 is 9.52 Å². The second-order valence-corrected chi connectivity index (χ2v) is 6.43. The number of hydrogen-bond donors (Lipinski definition) is 1. The minimum atomic E-state index is -0.883. The molecule has 0 atom stereocenters. The Morgan fingerprint density at radius 2 is 2.30 bits per heavy atom. The van der Waals surface area contributed by atoms with Crippen LogP contribution in [-0.2, 0) is 9.59 Å². The van der Waals surface area contributed by atoms with E-state index in [4.69, 9.17) is 21.7 Å². The van der Waals surface area contributed by atoms with E-state index in [0.29, 0.717) is 32.6 Å². The molecular formula is C12H10BrNO4S2. The maximum Gasteiger partial charge on any atom is 0.303 e. The molecule has 0 aliphatic carbocycles. The summed E-state index contributed by atoms with van der Waals surface area (Å²) in [5.41, 5.74) is 0. The standard InChI is InChI=1S/C12H10BrNO4S2/c13-9-4-3-7(18-9)6-8-11(17)14(12(19)20-8)5-1-2-10(15)16/h3-4,6H,1-2,5H2,(H,15,16)/b8-6+. The highest BCUT2D eigenvalue weighted by atomic mass is 79.9. The molecule has 1 N–H and O–H groups in total. The minimum Gasteiger partial charge on any atom is -0.481 e. The molecule has 1 aromatic rings. The van der Waals surface area contributed by atoms with Crippen LogP contribution in [-0.4, -0.2) is 32.7 Å². The van der Waals surface area contributed by atoms with Gasteiger partial charge in [0.05, 0.1) is 4.91 Å². The van der Waals surface area contributed by atoms with Gasteiger partial charge in [0.1, 0.15) is 10.1 Å². The van der Waals surface area contributed by atoms with Gasteiger partial charge >= 0.3 is 5.97 Å². The number of halogens is 1. The van der Waals surface area contributed by atoms with E-state index in [1.54, 1.807) is 18.2 Å². The maximum absolute atomic E-state index is 12.2. The number of carbonyl (C=O) groups excluding carboxylic acids is 1. The second kappa shape index (κ2) is 6.55. The number of rotatable bonds is 5. The van der Waals surface area contributed by atoms with Crippen molar-refractivity contribution in [1.29, 1.82) is 0 Å². The van der Waals surface area contributed by atoms with Crippen LogP contribution in [0.3, 0.4) is 0 Å². The zero-order valence-corrected chi connectivity index (χ0v) is 13.4. The lowest BCUT2D eigenvalue weighted by atomic mass is 10.3. The molecule has 1 fully saturated rings. The van der Waals surface area contributed by atoms with Gasteiger partial charge in [0.15, 0.2) is 4.67 Å². The summed E-state index contributed by atoms with van der Waals surface area (Å²) >= 11 is 9.51. The maximum atomic E-state index is 12.2. The van der Waals surface area contributed by atoms with Crippen LogP contribution < -0.4 is 0 Å². The lowest BCUT2D eigenvalue weighted by molar-refractivity contribution is -0.137. The van der Waals surface area contributed by atoms with Crippen LogP contribution in [0.2, 0.25) is 0 Å². The van der Waals surface area contributed by atoms with Crippen LogP contribution in [0, 0.1) is 0 Å². The fourth-order valence-corrected chi connectivity index (χ4v) is 3.22. The number of aliphatic carboxylic acids is 1. The lowest BCUT2D eigenvalue weighted by Gasteiger charge is -2.12. The molecule has 8 heteroatoms. The molecule has 0 bridgehead atoms. The molecule has 0 radical (unpaired) electrons. The molecule has 106 valence electrons. The second-order valence-electron chi connectivity index (χ2n) is 3.97. The third-order valence-corrected chi connectivity index (χ3v) is 4.32. The number of furan rings is 1. The van der Waals surface area contributed by atoms with Crippen molar-refractivity contribution in [3.63, 3.8) is 0 Å². The Morgan fingerprint density at radius 3 is 2.90 bits per heavy atom. The normalized spacial score (nSPS) is 17.2. The largest absolute Gasteiger partial charge is 0.481 e. The van der Waals surface area contributed by atoms with Crippen LogP contribution in [0.25, 0.3) is 6.08 Å². The highest BCUT2D eigenvalue weighted by Gasteiger charge is 2.31. The van der Waals surface area contributed by atoms with E-state index in [1.165, 1.54) is 16.7 Å². The Morgan fingerprint density at radius 1 is 1.55 bits per heavy atom. The topological polar surface area (TPSA) is 70.8 Å². The van der Waals surface area contributed by atoms with E-state index in [2.05, 4.69) is 15.9 Å². The van der Waals surface area contributed by atoms with E-state index in [-0.39, 0.29) is 12.3 Å². The molecule has 1 saturated heterocycles. The van der Waals surface area contributed by atoms with Gasteiger partial charge in [-0.15, -0.1) is 0 Å². The van der Waals surface area contributed by atoms with E-state index >= 15 is 0 Å². The summed E-state index contributed by atoms with van der Waals surface area (Å²) < 4.78 is 6.34. The number of thiocarbonyl (C=S) groups is 1. The predicted molar refractivity (Wildman–Crippen MR) is 83.2 cm³/mol. The van der Waals surface area contributed by atoms with Crippen molar-refractivity contribution in [3.05, 3.63) is 27.5 Å². The van der Waals surface area contributed by atoms with Gasteiger partial charge in [-0.25, -0.2) is 0 Å². The molecule has 1 aliphatic rings. The van der Waals surface area contributed by atoms with Gasteiger partial charge in [-0.2, -0.15) is 0 Å². The molecule has 20 heavy (non-hydrogen) atoms. The van der Waals surface area contributed by atoms with Crippen molar-refractivity contribution < 1.29 is 19.1 Å². The van der Waals surface area contributed by atoms with Crippen molar-refractivity contribution in [2.45, 2.75) is 12.8 Å². The van der Waals surface area contributed by atoms with Crippen molar-refractivity contribution in [2.24, 2.45) is 0 Å². The first-order valence-corrected chi connectivity index (χ1v) is 7.71. The summed E-state index contributed by atoms with van der Waals surface area (Å²) in [5.74, 6) is -0.535. The average Bonchev–Trinajstić information content (AvgIpc) is 2.88. The SMILES string of the molecule is O=C(O)CCCN1C(=O)/C(=C\c2ccc(Br)o2)SC1=S. The molecule has 0 unspecified atom stereocenters. The van der Waals surface area contributed by atoms with Gasteiger partial charge in [-0.05, 0) is 34.5 Å². The van der Waals surface area contributed by atoms with Crippen LogP contribution >= 0.6 is 39.9 Å². The Bertz CT molecular complexity index is 596. The number of nitrogens with zero attached hydrogens (tertiary/aromatic N) is 1. The Hall–Kier alpha value is -1.12. The fraction of sp³-hybridized carbons (Fsp3) is 0.250. The molecule has 0 spiro atoms. The summed E-state index contributed by atoms with van der Waals surface area (Å²) in [6, 6.07) is 3.47. The number of carboxylic acids is 1. The smallest absolute Gasteiger partial charge is 0.303 e. The molecular weight excluding hydrogens is 366 g/mol. The molecule has 1 aromatic heterocycles. The highest BCUT2D eigenvalue weighted by molar-refractivity contribution is 9.10. The predicted octanol–water partition coefficient (Wildman–Crippen LogP) is 3.11. The van der Waals surface area contributed by atoms with Gasteiger partial charge in [0.2, 0.25) is 0 Å². The summed E-state index contributed by atoms with van der Waals surface area (Å²) in [6.07, 6.45) is 2.02.